The number of primary sulfonamides is 2. The third-order valence-electron chi connectivity index (χ3n) is 8.49. The molecule has 0 amide bonds. The Morgan fingerprint density at radius 2 is 1.09 bits per heavy atom. The Kier molecular flexibility index (Phi) is 12.5. The van der Waals surface area contributed by atoms with E-state index in [2.05, 4.69) is 9.98 Å². The molecule has 6 N–H and O–H groups in total. The van der Waals surface area contributed by atoms with Crippen molar-refractivity contribution in [3.63, 3.8) is 0 Å². The van der Waals surface area contributed by atoms with Crippen LogP contribution in [-0.4, -0.2) is 89.0 Å². The Bertz CT molecular complexity index is 2490. The molecule has 0 bridgehead atoms. The zero-order valence-electron chi connectivity index (χ0n) is 29.6. The van der Waals surface area contributed by atoms with E-state index < -0.39 is 67.7 Å². The number of amidine groups is 2. The fraction of sp³-hybridized carbons (Fsp3) is 0.235. The third kappa shape index (κ3) is 9.04. The van der Waals surface area contributed by atoms with E-state index in [1.165, 1.54) is 73.5 Å². The van der Waals surface area contributed by atoms with Crippen molar-refractivity contribution in [3.05, 3.63) is 106 Å². The number of sulfonamides is 2. The van der Waals surface area contributed by atoms with E-state index in [1.54, 1.807) is 24.3 Å². The molecule has 6 rings (SSSR count). The number of alkyl halides is 6. The highest BCUT2D eigenvalue weighted by Gasteiger charge is 2.60. The molecule has 4 aromatic carbocycles. The van der Waals surface area contributed by atoms with Gasteiger partial charge in [0.05, 0.1) is 41.6 Å². The molecular formula is C34H30Cl2F6N6O7S3. The van der Waals surface area contributed by atoms with Crippen molar-refractivity contribution in [2.24, 2.45) is 20.3 Å². The van der Waals surface area contributed by atoms with Gasteiger partial charge in [-0.05, 0) is 54.8 Å². The lowest BCUT2D eigenvalue weighted by atomic mass is 10.1. The van der Waals surface area contributed by atoms with Crippen molar-refractivity contribution in [1.82, 2.24) is 0 Å². The molecule has 0 radical (unpaired) electrons. The lowest BCUT2D eigenvalue weighted by molar-refractivity contribution is -0.249. The van der Waals surface area contributed by atoms with Gasteiger partial charge < -0.3 is 24.7 Å². The van der Waals surface area contributed by atoms with Gasteiger partial charge in [0.1, 0.15) is 21.5 Å². The SMILES string of the molecule is COc1c(Cl)cc(C2=NC(O)(C(F)(F)F)CN2c2ccccc2S(N)(=O)=O)cc1Cl.CSc1ccc(C2=NC(O)(C(F)(F)F)CN2c2ccccc2S(N)(=O)=O)cc1. The number of thioether (sulfide) groups is 1. The number of β-amino-alcohol motifs (C(OH)–C–C–N with tert-alkyl or cyclic N) is 2. The van der Waals surface area contributed by atoms with Gasteiger partial charge >= 0.3 is 12.4 Å². The molecule has 13 nitrogen and oxygen atoms in total. The summed E-state index contributed by atoms with van der Waals surface area (Å²) in [6, 6.07) is 19.5. The number of nitrogens with two attached hydrogens (primary N) is 2. The van der Waals surface area contributed by atoms with Crippen LogP contribution in [0.4, 0.5) is 37.7 Å². The largest absolute Gasteiger partial charge is 0.494 e. The summed E-state index contributed by atoms with van der Waals surface area (Å²) in [7, 11) is -7.23. The molecular weight excluding hydrogens is 886 g/mol. The second-order valence-electron chi connectivity index (χ2n) is 12.4. The van der Waals surface area contributed by atoms with Gasteiger partial charge in [0.2, 0.25) is 20.0 Å². The van der Waals surface area contributed by atoms with Gasteiger partial charge in [0.15, 0.2) is 5.75 Å². The number of aliphatic imine (C=N–C) groups is 2. The van der Waals surface area contributed by atoms with Crippen LogP contribution < -0.4 is 24.8 Å². The number of aliphatic hydroxyl groups is 2. The molecule has 0 aromatic heterocycles. The van der Waals surface area contributed by atoms with Gasteiger partial charge in [-0.25, -0.2) is 37.1 Å². The van der Waals surface area contributed by atoms with Crippen LogP contribution in [-0.2, 0) is 20.0 Å². The van der Waals surface area contributed by atoms with E-state index in [0.717, 1.165) is 20.8 Å². The average Bonchev–Trinajstić information content (AvgIpc) is 3.70. The Balaban J connectivity index is 0.000000221. The van der Waals surface area contributed by atoms with E-state index in [4.69, 9.17) is 38.2 Å². The first-order valence-electron chi connectivity index (χ1n) is 16.0. The summed E-state index contributed by atoms with van der Waals surface area (Å²) in [5.74, 6) is -0.524. The molecule has 2 aliphatic heterocycles. The molecule has 24 heteroatoms. The van der Waals surface area contributed by atoms with E-state index in [1.807, 2.05) is 6.26 Å². The van der Waals surface area contributed by atoms with Crippen molar-refractivity contribution < 1.29 is 58.1 Å². The van der Waals surface area contributed by atoms with Gasteiger partial charge in [0, 0.05) is 16.0 Å². The van der Waals surface area contributed by atoms with Crippen LogP contribution in [0.5, 0.6) is 5.75 Å². The van der Waals surface area contributed by atoms with Crippen LogP contribution in [0.25, 0.3) is 0 Å². The Morgan fingerprint density at radius 1 is 0.707 bits per heavy atom. The maximum Gasteiger partial charge on any atom is 0.440 e. The first-order chi connectivity index (χ1) is 26.7. The van der Waals surface area contributed by atoms with Crippen LogP contribution in [0.2, 0.25) is 10.0 Å². The molecule has 2 atom stereocenters. The van der Waals surface area contributed by atoms with Crippen molar-refractivity contribution in [1.29, 1.82) is 0 Å². The zero-order chi connectivity index (χ0) is 43.2. The standard InChI is InChI=1S/C17H14Cl2F3N3O4S.C17H16F3N3O3S2/c1-29-14-10(18)6-9(7-11(14)19)15-24-16(26,17(20,21)22)8-25(15)12-4-2-3-5-13(12)30(23,27)28;1-27-12-8-6-11(7-9-12)15-22-16(24,17(18,19)20)10-23(15)13-4-2-3-5-14(13)28(21,25)26/h2-7,26H,8H2,1H3,(H2,23,27,28);2-9,24H,10H2,1H3,(H2,21,25,26). The second kappa shape index (κ2) is 16.1. The molecule has 2 aliphatic rings. The molecule has 0 saturated heterocycles. The molecule has 0 saturated carbocycles. The summed E-state index contributed by atoms with van der Waals surface area (Å²) in [5.41, 5.74) is -6.91. The Morgan fingerprint density at radius 3 is 1.43 bits per heavy atom. The van der Waals surface area contributed by atoms with Crippen LogP contribution in [0.1, 0.15) is 11.1 Å². The topological polar surface area (TPSA) is 201 Å². The number of benzene rings is 4. The smallest absolute Gasteiger partial charge is 0.440 e. The van der Waals surface area contributed by atoms with Crippen LogP contribution in [0.15, 0.2) is 110 Å². The van der Waals surface area contributed by atoms with Crippen molar-refractivity contribution in [2.75, 3.05) is 36.3 Å². The minimum absolute atomic E-state index is 0.00445. The average molecular weight is 916 g/mol. The van der Waals surface area contributed by atoms with Gasteiger partial charge in [-0.3, -0.25) is 0 Å². The van der Waals surface area contributed by atoms with Gasteiger partial charge in [0.25, 0.3) is 11.4 Å². The normalized spacial score (nSPS) is 20.0. The fourth-order valence-corrected chi connectivity index (χ4v) is 8.27. The molecule has 0 spiro atoms. The maximum absolute atomic E-state index is 13.5. The van der Waals surface area contributed by atoms with Crippen LogP contribution >= 0.6 is 35.0 Å². The predicted octanol–water partition coefficient (Wildman–Crippen LogP) is 5.74. The molecule has 312 valence electrons. The molecule has 4 aromatic rings. The number of ether oxygens (including phenoxy) is 1. The predicted molar refractivity (Wildman–Crippen MR) is 207 cm³/mol. The highest BCUT2D eigenvalue weighted by Crippen LogP contribution is 2.43. The molecule has 0 aliphatic carbocycles. The lowest BCUT2D eigenvalue weighted by Gasteiger charge is -2.26. The van der Waals surface area contributed by atoms with Gasteiger partial charge in [-0.2, -0.15) is 26.3 Å². The number of nitrogens with zero attached hydrogens (tertiary/aromatic N) is 4. The molecule has 0 fully saturated rings. The summed E-state index contributed by atoms with van der Waals surface area (Å²) < 4.78 is 134. The Labute approximate surface area is 341 Å². The zero-order valence-corrected chi connectivity index (χ0v) is 33.6. The minimum atomic E-state index is -5.15. The summed E-state index contributed by atoms with van der Waals surface area (Å²) in [5, 5.41) is 30.7. The summed E-state index contributed by atoms with van der Waals surface area (Å²) >= 11 is 13.6. The molecule has 2 heterocycles. The van der Waals surface area contributed by atoms with Crippen molar-refractivity contribution >= 4 is 78.1 Å². The highest BCUT2D eigenvalue weighted by atomic mass is 35.5. The first kappa shape index (κ1) is 45.0. The third-order valence-corrected chi connectivity index (χ3v) is 11.7. The van der Waals surface area contributed by atoms with Crippen LogP contribution in [0.3, 0.4) is 0 Å². The lowest BCUT2D eigenvalue weighted by Crippen LogP contribution is -2.48. The number of rotatable bonds is 8. The molecule has 2 unspecified atom stereocenters. The summed E-state index contributed by atoms with van der Waals surface area (Å²) in [6.07, 6.45) is -8.36. The summed E-state index contributed by atoms with van der Waals surface area (Å²) in [4.78, 5) is 8.96. The van der Waals surface area contributed by atoms with E-state index in [-0.39, 0.29) is 43.5 Å². The first-order valence-corrected chi connectivity index (χ1v) is 21.1. The highest BCUT2D eigenvalue weighted by molar-refractivity contribution is 7.98. The minimum Gasteiger partial charge on any atom is -0.494 e. The number of anilines is 2. The Hall–Kier alpha value is -4.13. The molecule has 58 heavy (non-hydrogen) atoms. The number of methoxy groups -OCH3 is 1. The van der Waals surface area contributed by atoms with Crippen molar-refractivity contribution in [2.45, 2.75) is 38.5 Å². The fourth-order valence-electron chi connectivity index (χ4n) is 5.74. The number of halogens is 8. The van der Waals surface area contributed by atoms with E-state index >= 15 is 0 Å². The number of hydrogen-bond acceptors (Lipinski definition) is 12. The quantitative estimate of drug-likeness (QED) is 0.125. The van der Waals surface area contributed by atoms with E-state index in [9.17, 15) is 53.4 Å². The van der Waals surface area contributed by atoms with Gasteiger partial charge in [-0.1, -0.05) is 59.6 Å². The van der Waals surface area contributed by atoms with Crippen molar-refractivity contribution in [3.8, 4) is 5.75 Å². The van der Waals surface area contributed by atoms with Crippen LogP contribution in [0, 0.1) is 0 Å². The number of hydrogen-bond donors (Lipinski definition) is 4. The van der Waals surface area contributed by atoms with Gasteiger partial charge in [-0.15, -0.1) is 11.8 Å². The second-order valence-corrected chi connectivity index (χ2v) is 17.2. The number of para-hydroxylation sites is 2. The monoisotopic (exact) mass is 914 g/mol. The van der Waals surface area contributed by atoms with E-state index in [0.29, 0.717) is 5.56 Å². The summed E-state index contributed by atoms with van der Waals surface area (Å²) in [6.45, 7) is -2.11. The maximum atomic E-state index is 13.5.